The molecule has 2 aromatic carbocycles. The predicted octanol–water partition coefficient (Wildman–Crippen LogP) is 3.98. The summed E-state index contributed by atoms with van der Waals surface area (Å²) in [6.07, 6.45) is -1.08. The fourth-order valence-corrected chi connectivity index (χ4v) is 3.68. The van der Waals surface area contributed by atoms with Crippen LogP contribution in [0.4, 0.5) is 0 Å². The van der Waals surface area contributed by atoms with Gasteiger partial charge in [0.15, 0.2) is 0 Å². The molecule has 0 saturated heterocycles. The van der Waals surface area contributed by atoms with Crippen molar-refractivity contribution < 1.29 is 19.7 Å². The van der Waals surface area contributed by atoms with E-state index in [1.807, 2.05) is 24.3 Å². The first kappa shape index (κ1) is 29.1. The average molecular weight is 487 g/mol. The number of hydrogen-bond acceptors (Lipinski definition) is 6. The number of ether oxygens (including phenoxy) is 2. The number of aliphatic hydroxyl groups excluding tert-OH is 2. The lowest BCUT2D eigenvalue weighted by Crippen LogP contribution is -2.33. The van der Waals surface area contributed by atoms with Gasteiger partial charge in [0, 0.05) is 18.5 Å². The lowest BCUT2D eigenvalue weighted by atomic mass is 9.78. The molecule has 0 saturated carbocycles. The van der Waals surface area contributed by atoms with Crippen LogP contribution in [0.5, 0.6) is 11.5 Å². The first-order valence-electron chi connectivity index (χ1n) is 12.8. The van der Waals surface area contributed by atoms with Gasteiger partial charge in [-0.15, -0.1) is 0 Å². The summed E-state index contributed by atoms with van der Waals surface area (Å²) in [4.78, 5) is 0. The van der Waals surface area contributed by atoms with Crippen molar-refractivity contribution in [3.63, 3.8) is 0 Å². The van der Waals surface area contributed by atoms with Crippen LogP contribution in [-0.4, -0.2) is 61.8 Å². The summed E-state index contributed by atoms with van der Waals surface area (Å²) < 4.78 is 11.5. The Bertz CT molecular complexity index is 765. The maximum Gasteiger partial charge on any atom is 0.119 e. The Hall–Kier alpha value is -2.12. The zero-order valence-corrected chi connectivity index (χ0v) is 22.4. The van der Waals surface area contributed by atoms with Crippen molar-refractivity contribution in [1.82, 2.24) is 10.6 Å². The van der Waals surface area contributed by atoms with Crippen LogP contribution in [0.15, 0.2) is 48.5 Å². The summed E-state index contributed by atoms with van der Waals surface area (Å²) in [6, 6.07) is 16.1. The van der Waals surface area contributed by atoms with Gasteiger partial charge in [-0.05, 0) is 60.3 Å². The van der Waals surface area contributed by atoms with Crippen molar-refractivity contribution in [2.24, 2.45) is 11.8 Å². The van der Waals surface area contributed by atoms with Gasteiger partial charge >= 0.3 is 0 Å². The topological polar surface area (TPSA) is 83.0 Å². The highest BCUT2D eigenvalue weighted by Crippen LogP contribution is 2.33. The number of rotatable bonds is 16. The highest BCUT2D eigenvalue weighted by atomic mass is 16.5. The molecule has 0 heterocycles. The van der Waals surface area contributed by atoms with Gasteiger partial charge in [0.25, 0.3) is 0 Å². The van der Waals surface area contributed by atoms with Gasteiger partial charge in [-0.25, -0.2) is 0 Å². The Morgan fingerprint density at radius 2 is 0.971 bits per heavy atom. The molecule has 6 heteroatoms. The molecule has 0 aliphatic carbocycles. The molecule has 0 aliphatic rings. The summed E-state index contributed by atoms with van der Waals surface area (Å²) in [5, 5.41) is 26.7. The van der Waals surface area contributed by atoms with Gasteiger partial charge in [-0.1, -0.05) is 65.8 Å². The quantitative estimate of drug-likeness (QED) is 0.287. The second-order valence-electron chi connectivity index (χ2n) is 10.7. The van der Waals surface area contributed by atoms with Crippen LogP contribution in [0, 0.1) is 11.8 Å². The lowest BCUT2D eigenvalue weighted by molar-refractivity contribution is 0.106. The number of benzene rings is 2. The molecule has 0 amide bonds. The summed E-state index contributed by atoms with van der Waals surface area (Å²) >= 11 is 0. The monoisotopic (exact) mass is 486 g/mol. The van der Waals surface area contributed by atoms with E-state index in [4.69, 9.17) is 9.47 Å². The molecule has 0 aromatic heterocycles. The smallest absolute Gasteiger partial charge is 0.119 e. The van der Waals surface area contributed by atoms with Gasteiger partial charge < -0.3 is 30.3 Å². The van der Waals surface area contributed by atoms with Crippen LogP contribution in [0.1, 0.15) is 52.7 Å². The van der Waals surface area contributed by atoms with Gasteiger partial charge in [0.1, 0.15) is 36.9 Å². The molecule has 6 nitrogen and oxygen atoms in total. The Balaban J connectivity index is 1.85. The molecule has 196 valence electrons. The third-order valence-electron chi connectivity index (χ3n) is 5.90. The van der Waals surface area contributed by atoms with Crippen LogP contribution >= 0.6 is 0 Å². The molecule has 2 rings (SSSR count). The number of hydrogen-bond donors (Lipinski definition) is 4. The fourth-order valence-electron chi connectivity index (χ4n) is 3.68. The molecule has 2 aromatic rings. The molecule has 35 heavy (non-hydrogen) atoms. The number of aliphatic hydroxyl groups is 2. The second-order valence-corrected chi connectivity index (χ2v) is 10.7. The third-order valence-corrected chi connectivity index (χ3v) is 5.90. The highest BCUT2D eigenvalue weighted by Gasteiger charge is 2.23. The fraction of sp³-hybridized carbons (Fsp3) is 0.586. The first-order chi connectivity index (χ1) is 16.6. The first-order valence-corrected chi connectivity index (χ1v) is 12.8. The maximum atomic E-state index is 10.1. The van der Waals surface area contributed by atoms with E-state index in [-0.39, 0.29) is 18.6 Å². The van der Waals surface area contributed by atoms with Crippen LogP contribution < -0.4 is 20.1 Å². The van der Waals surface area contributed by atoms with E-state index < -0.39 is 12.2 Å². The number of nitrogens with one attached hydrogen (secondary N) is 2. The summed E-state index contributed by atoms with van der Waals surface area (Å²) in [6.45, 7) is 16.3. The Kier molecular flexibility index (Phi) is 12.0. The van der Waals surface area contributed by atoms with E-state index in [2.05, 4.69) is 76.4 Å². The molecule has 2 unspecified atom stereocenters. The SMILES string of the molecule is CC(C)CNCC(O)COc1ccc(C(C)(C)c2ccc(OCC(O)CNCC(C)C)cc2)cc1. The molecule has 2 atom stereocenters. The molecule has 0 aliphatic heterocycles. The standard InChI is InChI=1S/C29H46N2O4/c1-21(2)15-30-17-25(32)19-34-27-11-7-23(8-12-27)29(5,6)24-9-13-28(14-10-24)35-20-26(33)18-31-16-22(3)4/h7-14,21-22,25-26,30-33H,15-20H2,1-6H3. The van der Waals surface area contributed by atoms with Crippen LogP contribution in [0.3, 0.4) is 0 Å². The van der Waals surface area contributed by atoms with Gasteiger partial charge in [0.2, 0.25) is 0 Å². The molecular formula is C29H46N2O4. The Morgan fingerprint density at radius 1 is 0.629 bits per heavy atom. The van der Waals surface area contributed by atoms with E-state index in [1.54, 1.807) is 0 Å². The van der Waals surface area contributed by atoms with E-state index in [0.717, 1.165) is 24.6 Å². The van der Waals surface area contributed by atoms with Gasteiger partial charge in [-0.2, -0.15) is 0 Å². The summed E-state index contributed by atoms with van der Waals surface area (Å²) in [5.74, 6) is 2.60. The van der Waals surface area contributed by atoms with E-state index >= 15 is 0 Å². The normalized spacial score (nSPS) is 13.8. The molecule has 0 fully saturated rings. The van der Waals surface area contributed by atoms with Crippen molar-refractivity contribution >= 4 is 0 Å². The van der Waals surface area contributed by atoms with E-state index in [0.29, 0.717) is 24.9 Å². The van der Waals surface area contributed by atoms with Crippen LogP contribution in [-0.2, 0) is 5.41 Å². The Morgan fingerprint density at radius 3 is 1.29 bits per heavy atom. The Labute approximate surface area is 212 Å². The molecule has 0 spiro atoms. The summed E-state index contributed by atoms with van der Waals surface area (Å²) in [5.41, 5.74) is 2.14. The zero-order chi connectivity index (χ0) is 25.8. The van der Waals surface area contributed by atoms with Crippen LogP contribution in [0.25, 0.3) is 0 Å². The minimum Gasteiger partial charge on any atom is -0.491 e. The van der Waals surface area contributed by atoms with Crippen molar-refractivity contribution in [1.29, 1.82) is 0 Å². The molecule has 4 N–H and O–H groups in total. The molecular weight excluding hydrogens is 440 g/mol. The molecule has 0 radical (unpaired) electrons. The molecule has 0 bridgehead atoms. The van der Waals surface area contributed by atoms with Gasteiger partial charge in [-0.3, -0.25) is 0 Å². The third kappa shape index (κ3) is 10.6. The maximum absolute atomic E-state index is 10.1. The zero-order valence-electron chi connectivity index (χ0n) is 22.4. The van der Waals surface area contributed by atoms with Crippen molar-refractivity contribution in [3.8, 4) is 11.5 Å². The van der Waals surface area contributed by atoms with E-state index in [1.165, 1.54) is 11.1 Å². The largest absolute Gasteiger partial charge is 0.491 e. The highest BCUT2D eigenvalue weighted by molar-refractivity contribution is 5.41. The summed E-state index contributed by atoms with van der Waals surface area (Å²) in [7, 11) is 0. The van der Waals surface area contributed by atoms with Crippen LogP contribution in [0.2, 0.25) is 0 Å². The second kappa shape index (κ2) is 14.4. The van der Waals surface area contributed by atoms with E-state index in [9.17, 15) is 10.2 Å². The minimum absolute atomic E-state index is 0.197. The minimum atomic E-state index is -0.539. The van der Waals surface area contributed by atoms with Crippen molar-refractivity contribution in [3.05, 3.63) is 59.7 Å². The average Bonchev–Trinajstić information content (AvgIpc) is 2.81. The van der Waals surface area contributed by atoms with Gasteiger partial charge in [0.05, 0.1) is 0 Å². The van der Waals surface area contributed by atoms with Crippen molar-refractivity contribution in [2.45, 2.75) is 59.2 Å². The van der Waals surface area contributed by atoms with Crippen molar-refractivity contribution in [2.75, 3.05) is 39.4 Å². The predicted molar refractivity (Wildman–Crippen MR) is 143 cm³/mol. The lowest BCUT2D eigenvalue weighted by Gasteiger charge is -2.26.